The minimum absolute atomic E-state index is 0.109. The summed E-state index contributed by atoms with van der Waals surface area (Å²) in [6.45, 7) is 5.12. The van der Waals surface area contributed by atoms with E-state index in [0.29, 0.717) is 0 Å². The fraction of sp³-hybridized carbons (Fsp3) is 1.00. The van der Waals surface area contributed by atoms with E-state index in [0.717, 1.165) is 0 Å². The zero-order valence-corrected chi connectivity index (χ0v) is 10.8. The topological polar surface area (TPSA) is 65.0 Å². The van der Waals surface area contributed by atoms with Crippen LogP contribution >= 0.6 is 24.2 Å². The molecule has 5 nitrogen and oxygen atoms in total. The summed E-state index contributed by atoms with van der Waals surface area (Å²) in [6, 6.07) is 0. The van der Waals surface area contributed by atoms with Gasteiger partial charge in [0.25, 0.3) is 0 Å². The molecule has 0 rings (SSSR count). The Bertz CT molecular complexity index is 175. The van der Waals surface area contributed by atoms with Gasteiger partial charge in [-0.2, -0.15) is 0 Å². The molecule has 84 valence electrons. The smallest absolute Gasteiger partial charge is 0.368 e. The van der Waals surface area contributed by atoms with Crippen LogP contribution in [0.5, 0.6) is 0 Å². The molecule has 0 aromatic rings. The van der Waals surface area contributed by atoms with Crippen molar-refractivity contribution in [3.05, 3.63) is 0 Å². The lowest BCUT2D eigenvalue weighted by atomic mass is 10.5. The van der Waals surface area contributed by atoms with E-state index in [1.807, 2.05) is 6.92 Å². The Hall–Kier alpha value is 0.420. The standard InChI is InChI=1S/C7H15BrO5P/c1-5(8)4-11-14(10)13-7(3)12-6(2)9/h5-7,9H,4H2,1-3H3/q+1. The largest absolute Gasteiger partial charge is 0.700 e. The summed E-state index contributed by atoms with van der Waals surface area (Å²) in [4.78, 5) is 0.109. The first-order valence-corrected chi connectivity index (χ1v) is 6.17. The highest BCUT2D eigenvalue weighted by Gasteiger charge is 2.26. The van der Waals surface area contributed by atoms with Crippen LogP contribution < -0.4 is 0 Å². The second-order valence-electron chi connectivity index (χ2n) is 2.71. The maximum Gasteiger partial charge on any atom is 0.700 e. The summed E-state index contributed by atoms with van der Waals surface area (Å²) in [5.74, 6) is 0. The van der Waals surface area contributed by atoms with Crippen LogP contribution in [0.1, 0.15) is 20.8 Å². The van der Waals surface area contributed by atoms with Gasteiger partial charge in [0.05, 0.1) is 0 Å². The Balaban J connectivity index is 3.60. The van der Waals surface area contributed by atoms with Crippen LogP contribution in [0.3, 0.4) is 0 Å². The number of aliphatic hydroxyl groups excluding tert-OH is 1. The van der Waals surface area contributed by atoms with Gasteiger partial charge in [-0.15, -0.1) is 4.52 Å². The SMILES string of the molecule is CC(Br)CO[P+](=O)OC(C)OC(C)O. The molecule has 0 aliphatic heterocycles. The van der Waals surface area contributed by atoms with Crippen molar-refractivity contribution in [3.8, 4) is 0 Å². The highest BCUT2D eigenvalue weighted by molar-refractivity contribution is 9.09. The highest BCUT2D eigenvalue weighted by atomic mass is 79.9. The molecule has 0 aromatic heterocycles. The minimum atomic E-state index is -2.20. The van der Waals surface area contributed by atoms with Gasteiger partial charge in [0.15, 0.2) is 6.29 Å². The molecule has 14 heavy (non-hydrogen) atoms. The van der Waals surface area contributed by atoms with Crippen molar-refractivity contribution < 1.29 is 23.5 Å². The molecule has 0 bridgehead atoms. The van der Waals surface area contributed by atoms with Crippen LogP contribution in [0.15, 0.2) is 0 Å². The molecule has 1 N–H and O–H groups in total. The fourth-order valence-electron chi connectivity index (χ4n) is 0.617. The molecule has 0 fully saturated rings. The summed E-state index contributed by atoms with van der Waals surface area (Å²) in [5.41, 5.74) is 0. The lowest BCUT2D eigenvalue weighted by Gasteiger charge is -2.08. The van der Waals surface area contributed by atoms with E-state index in [4.69, 9.17) is 18.9 Å². The van der Waals surface area contributed by atoms with Crippen LogP contribution in [0.25, 0.3) is 0 Å². The first-order valence-electron chi connectivity index (χ1n) is 4.16. The Morgan fingerprint density at radius 2 is 2.00 bits per heavy atom. The van der Waals surface area contributed by atoms with E-state index < -0.39 is 20.8 Å². The Morgan fingerprint density at radius 1 is 1.43 bits per heavy atom. The third-order valence-electron chi connectivity index (χ3n) is 1.03. The summed E-state index contributed by atoms with van der Waals surface area (Å²) in [7, 11) is -2.20. The van der Waals surface area contributed by atoms with Gasteiger partial charge in [0.2, 0.25) is 6.29 Å². The van der Waals surface area contributed by atoms with Gasteiger partial charge in [-0.05, 0) is 13.8 Å². The lowest BCUT2D eigenvalue weighted by Crippen LogP contribution is -2.17. The highest BCUT2D eigenvalue weighted by Crippen LogP contribution is 2.27. The van der Waals surface area contributed by atoms with Crippen LogP contribution in [-0.2, 0) is 18.3 Å². The van der Waals surface area contributed by atoms with Crippen molar-refractivity contribution in [2.45, 2.75) is 38.2 Å². The number of alkyl halides is 1. The van der Waals surface area contributed by atoms with Gasteiger partial charge in [0.1, 0.15) is 6.61 Å². The summed E-state index contributed by atoms with van der Waals surface area (Å²) in [5, 5.41) is 8.81. The predicted molar refractivity (Wildman–Crippen MR) is 55.3 cm³/mol. The molecular formula is C7H15BrO5P+. The van der Waals surface area contributed by atoms with Crippen LogP contribution in [0, 0.1) is 0 Å². The molecule has 0 saturated carbocycles. The van der Waals surface area contributed by atoms with Crippen LogP contribution in [0.2, 0.25) is 0 Å². The summed E-state index contributed by atoms with van der Waals surface area (Å²) >= 11 is 3.23. The van der Waals surface area contributed by atoms with Crippen molar-refractivity contribution in [2.24, 2.45) is 0 Å². The lowest BCUT2D eigenvalue weighted by molar-refractivity contribution is -0.180. The minimum Gasteiger partial charge on any atom is -0.368 e. The van der Waals surface area contributed by atoms with E-state index in [2.05, 4.69) is 15.9 Å². The number of aliphatic hydroxyl groups is 1. The molecule has 0 amide bonds. The monoisotopic (exact) mass is 289 g/mol. The molecule has 0 aliphatic carbocycles. The second-order valence-corrected chi connectivity index (χ2v) is 5.19. The molecule has 0 radical (unpaired) electrons. The Morgan fingerprint density at radius 3 is 2.43 bits per heavy atom. The Kier molecular flexibility index (Phi) is 7.91. The number of rotatable bonds is 7. The average molecular weight is 290 g/mol. The molecule has 7 heteroatoms. The Labute approximate surface area is 92.8 Å². The molecular weight excluding hydrogens is 275 g/mol. The molecule has 0 spiro atoms. The van der Waals surface area contributed by atoms with Gasteiger partial charge >= 0.3 is 8.25 Å². The molecule has 4 unspecified atom stereocenters. The quantitative estimate of drug-likeness (QED) is 0.442. The van der Waals surface area contributed by atoms with Crippen LogP contribution in [0.4, 0.5) is 0 Å². The van der Waals surface area contributed by atoms with Gasteiger partial charge in [-0.3, -0.25) is 0 Å². The summed E-state index contributed by atoms with van der Waals surface area (Å²) in [6.07, 6.45) is -1.72. The zero-order valence-electron chi connectivity index (χ0n) is 8.34. The number of halogens is 1. The van der Waals surface area contributed by atoms with Crippen molar-refractivity contribution >= 4 is 24.2 Å². The van der Waals surface area contributed by atoms with E-state index in [-0.39, 0.29) is 11.4 Å². The zero-order chi connectivity index (χ0) is 11.1. The predicted octanol–water partition coefficient (Wildman–Crippen LogP) is 2.16. The van der Waals surface area contributed by atoms with Crippen molar-refractivity contribution in [1.82, 2.24) is 0 Å². The van der Waals surface area contributed by atoms with E-state index in [1.165, 1.54) is 13.8 Å². The van der Waals surface area contributed by atoms with Gasteiger partial charge in [-0.25, -0.2) is 0 Å². The maximum absolute atomic E-state index is 11.1. The molecule has 4 atom stereocenters. The number of hydrogen-bond acceptors (Lipinski definition) is 5. The normalized spacial score (nSPS) is 18.8. The average Bonchev–Trinajstić information content (AvgIpc) is 1.98. The first-order chi connectivity index (χ1) is 6.41. The van der Waals surface area contributed by atoms with Crippen molar-refractivity contribution in [3.63, 3.8) is 0 Å². The first kappa shape index (κ1) is 14.4. The van der Waals surface area contributed by atoms with Crippen LogP contribution in [-0.4, -0.2) is 29.1 Å². The molecule has 0 saturated heterocycles. The second kappa shape index (κ2) is 7.68. The molecule has 0 heterocycles. The van der Waals surface area contributed by atoms with Gasteiger partial charge in [-0.1, -0.05) is 27.4 Å². The third kappa shape index (κ3) is 8.99. The molecule has 0 aliphatic rings. The fourth-order valence-corrected chi connectivity index (χ4v) is 1.65. The van der Waals surface area contributed by atoms with Crippen molar-refractivity contribution in [2.75, 3.05) is 6.61 Å². The maximum atomic E-state index is 11.1. The van der Waals surface area contributed by atoms with E-state index in [9.17, 15) is 4.57 Å². The third-order valence-corrected chi connectivity index (χ3v) is 2.13. The van der Waals surface area contributed by atoms with Crippen molar-refractivity contribution in [1.29, 1.82) is 0 Å². The number of ether oxygens (including phenoxy) is 1. The number of hydrogen-bond donors (Lipinski definition) is 1. The summed E-state index contributed by atoms with van der Waals surface area (Å²) < 4.78 is 25.5. The molecule has 0 aromatic carbocycles. The van der Waals surface area contributed by atoms with E-state index in [1.54, 1.807) is 0 Å². The van der Waals surface area contributed by atoms with E-state index >= 15 is 0 Å². The van der Waals surface area contributed by atoms with Gasteiger partial charge in [0, 0.05) is 9.39 Å². The van der Waals surface area contributed by atoms with Gasteiger partial charge < -0.3 is 9.84 Å².